The summed E-state index contributed by atoms with van der Waals surface area (Å²) in [5.41, 5.74) is -0.263. The molecule has 0 unspecified atom stereocenters. The normalized spacial score (nSPS) is 42.3. The predicted octanol–water partition coefficient (Wildman–Crippen LogP) is 1.95. The minimum atomic E-state index is -0.263. The quantitative estimate of drug-likeness (QED) is 0.607. The lowest BCUT2D eigenvalue weighted by atomic mass is 9.65. The minimum Gasteiger partial charge on any atom is -0.373 e. The van der Waals surface area contributed by atoms with Crippen molar-refractivity contribution in [2.24, 2.45) is 11.8 Å². The number of hydrogen-bond donors (Lipinski definition) is 0. The molecular weight excluding hydrogens is 164 g/mol. The average Bonchev–Trinajstić information content (AvgIpc) is 2.19. The van der Waals surface area contributed by atoms with Gasteiger partial charge in [0.15, 0.2) is 0 Å². The van der Waals surface area contributed by atoms with Gasteiger partial charge in [-0.3, -0.25) is 4.79 Å². The Hall–Kier alpha value is -0.630. The van der Waals surface area contributed by atoms with Crippen LogP contribution in [0.25, 0.3) is 0 Å². The second-order valence-corrected chi connectivity index (χ2v) is 4.22. The molecule has 0 saturated heterocycles. The number of carbonyl (C=O) groups excluding carboxylic acids is 1. The second kappa shape index (κ2) is 2.95. The van der Waals surface area contributed by atoms with Crippen molar-refractivity contribution >= 4 is 5.78 Å². The molecular formula is C11H16O2. The molecule has 3 aliphatic carbocycles. The minimum absolute atomic E-state index is 0.0984. The molecule has 2 heteroatoms. The van der Waals surface area contributed by atoms with E-state index in [0.29, 0.717) is 5.92 Å². The molecule has 0 N–H and O–H groups in total. The Morgan fingerprint density at radius 1 is 1.62 bits per heavy atom. The highest BCUT2D eigenvalue weighted by molar-refractivity contribution is 5.80. The van der Waals surface area contributed by atoms with Crippen LogP contribution in [0.4, 0.5) is 0 Å². The summed E-state index contributed by atoms with van der Waals surface area (Å²) in [6.45, 7) is 1.68. The number of Topliss-reactive ketones (excluding diaryl/α,β-unsaturated/α-hetero) is 1. The summed E-state index contributed by atoms with van der Waals surface area (Å²) in [4.78, 5) is 11.4. The maximum Gasteiger partial charge on any atom is 0.136 e. The van der Waals surface area contributed by atoms with E-state index in [1.807, 2.05) is 0 Å². The molecule has 2 nitrogen and oxygen atoms in total. The Kier molecular flexibility index (Phi) is 2.03. The van der Waals surface area contributed by atoms with Crippen molar-refractivity contribution in [3.8, 4) is 0 Å². The van der Waals surface area contributed by atoms with Crippen LogP contribution in [0.2, 0.25) is 0 Å². The van der Waals surface area contributed by atoms with Crippen molar-refractivity contribution in [3.63, 3.8) is 0 Å². The van der Waals surface area contributed by atoms with E-state index in [0.717, 1.165) is 12.8 Å². The summed E-state index contributed by atoms with van der Waals surface area (Å²) >= 11 is 0. The van der Waals surface area contributed by atoms with Gasteiger partial charge in [-0.05, 0) is 32.1 Å². The van der Waals surface area contributed by atoms with Crippen LogP contribution in [-0.2, 0) is 9.53 Å². The third-order valence-corrected chi connectivity index (χ3v) is 3.56. The van der Waals surface area contributed by atoms with Crippen LogP contribution in [0, 0.1) is 11.8 Å². The van der Waals surface area contributed by atoms with Crippen molar-refractivity contribution < 1.29 is 9.53 Å². The van der Waals surface area contributed by atoms with E-state index < -0.39 is 0 Å². The molecule has 0 heterocycles. The SMILES string of the molecule is CO[C@@]12C=C[C@@H](CC1)C[C@H]2C(C)=O. The number of allylic oxidation sites excluding steroid dienone is 1. The molecule has 0 aromatic carbocycles. The maximum absolute atomic E-state index is 11.4. The van der Waals surface area contributed by atoms with E-state index in [-0.39, 0.29) is 17.3 Å². The van der Waals surface area contributed by atoms with E-state index in [2.05, 4.69) is 12.2 Å². The van der Waals surface area contributed by atoms with Gasteiger partial charge in [-0.2, -0.15) is 0 Å². The lowest BCUT2D eigenvalue weighted by Gasteiger charge is -2.46. The number of ketones is 1. The monoisotopic (exact) mass is 180 g/mol. The number of methoxy groups -OCH3 is 1. The van der Waals surface area contributed by atoms with Gasteiger partial charge in [0.2, 0.25) is 0 Å². The first-order chi connectivity index (χ1) is 6.18. The van der Waals surface area contributed by atoms with Gasteiger partial charge in [0.25, 0.3) is 0 Å². The molecule has 1 fully saturated rings. The average molecular weight is 180 g/mol. The Balaban J connectivity index is 2.32. The zero-order valence-electron chi connectivity index (χ0n) is 8.25. The first kappa shape index (κ1) is 8.95. The molecule has 0 radical (unpaired) electrons. The number of fused-ring (bicyclic) bond motifs is 2. The van der Waals surface area contributed by atoms with E-state index in [4.69, 9.17) is 4.74 Å². The van der Waals surface area contributed by atoms with Gasteiger partial charge in [0.1, 0.15) is 5.78 Å². The van der Waals surface area contributed by atoms with E-state index in [1.165, 1.54) is 6.42 Å². The van der Waals surface area contributed by atoms with Gasteiger partial charge in [-0.25, -0.2) is 0 Å². The van der Waals surface area contributed by atoms with Gasteiger partial charge < -0.3 is 4.74 Å². The fourth-order valence-corrected chi connectivity index (χ4v) is 2.70. The summed E-state index contributed by atoms with van der Waals surface area (Å²) in [6, 6.07) is 0. The van der Waals surface area contributed by atoms with Gasteiger partial charge in [0.05, 0.1) is 11.5 Å². The smallest absolute Gasteiger partial charge is 0.136 e. The molecule has 2 bridgehead atoms. The van der Waals surface area contributed by atoms with Gasteiger partial charge >= 0.3 is 0 Å². The fraction of sp³-hybridized carbons (Fsp3) is 0.727. The van der Waals surface area contributed by atoms with Crippen LogP contribution in [0.3, 0.4) is 0 Å². The van der Waals surface area contributed by atoms with Crippen LogP contribution in [0.1, 0.15) is 26.2 Å². The molecule has 3 rings (SSSR count). The predicted molar refractivity (Wildman–Crippen MR) is 50.4 cm³/mol. The lowest BCUT2D eigenvalue weighted by Crippen LogP contribution is -2.48. The van der Waals surface area contributed by atoms with Crippen molar-refractivity contribution in [1.82, 2.24) is 0 Å². The van der Waals surface area contributed by atoms with Crippen molar-refractivity contribution in [3.05, 3.63) is 12.2 Å². The molecule has 72 valence electrons. The second-order valence-electron chi connectivity index (χ2n) is 4.22. The summed E-state index contributed by atoms with van der Waals surface area (Å²) in [7, 11) is 1.71. The van der Waals surface area contributed by atoms with Crippen LogP contribution in [0.5, 0.6) is 0 Å². The largest absolute Gasteiger partial charge is 0.373 e. The standard InChI is InChI=1S/C11H16O2/c1-8(12)10-7-9-3-5-11(10,13-2)6-4-9/h3,5,9-10H,4,6-7H2,1-2H3/t9-,10-,11-/m0/s1. The van der Waals surface area contributed by atoms with Gasteiger partial charge in [-0.1, -0.05) is 12.2 Å². The molecule has 0 amide bonds. The molecule has 3 aliphatic rings. The Morgan fingerprint density at radius 2 is 2.38 bits per heavy atom. The van der Waals surface area contributed by atoms with Crippen molar-refractivity contribution in [2.75, 3.05) is 7.11 Å². The molecule has 0 aromatic heterocycles. The maximum atomic E-state index is 11.4. The van der Waals surface area contributed by atoms with Crippen LogP contribution >= 0.6 is 0 Å². The van der Waals surface area contributed by atoms with E-state index >= 15 is 0 Å². The van der Waals surface area contributed by atoms with Gasteiger partial charge in [-0.15, -0.1) is 0 Å². The van der Waals surface area contributed by atoms with Gasteiger partial charge in [0, 0.05) is 7.11 Å². The molecule has 1 saturated carbocycles. The van der Waals surface area contributed by atoms with Crippen LogP contribution in [-0.4, -0.2) is 18.5 Å². The molecule has 3 atom stereocenters. The highest BCUT2D eigenvalue weighted by atomic mass is 16.5. The molecule has 13 heavy (non-hydrogen) atoms. The molecule has 0 spiro atoms. The number of rotatable bonds is 2. The fourth-order valence-electron chi connectivity index (χ4n) is 2.70. The summed E-state index contributed by atoms with van der Waals surface area (Å²) in [6.07, 6.45) is 7.49. The van der Waals surface area contributed by atoms with Crippen LogP contribution in [0.15, 0.2) is 12.2 Å². The van der Waals surface area contributed by atoms with E-state index in [9.17, 15) is 4.79 Å². The highest BCUT2D eigenvalue weighted by Crippen LogP contribution is 2.45. The molecule has 0 aromatic rings. The summed E-state index contributed by atoms with van der Waals surface area (Å²) in [5.74, 6) is 0.989. The van der Waals surface area contributed by atoms with Crippen molar-refractivity contribution in [1.29, 1.82) is 0 Å². The lowest BCUT2D eigenvalue weighted by molar-refractivity contribution is -0.135. The highest BCUT2D eigenvalue weighted by Gasteiger charge is 2.46. The Labute approximate surface area is 79.0 Å². The zero-order valence-corrected chi connectivity index (χ0v) is 8.25. The first-order valence-electron chi connectivity index (χ1n) is 4.93. The first-order valence-corrected chi connectivity index (χ1v) is 4.93. The summed E-state index contributed by atoms with van der Waals surface area (Å²) < 4.78 is 5.53. The Morgan fingerprint density at radius 3 is 2.77 bits per heavy atom. The Bertz CT molecular complexity index is 257. The zero-order chi connectivity index (χ0) is 9.47. The van der Waals surface area contributed by atoms with Crippen molar-refractivity contribution in [2.45, 2.75) is 31.8 Å². The topological polar surface area (TPSA) is 26.3 Å². The van der Waals surface area contributed by atoms with E-state index in [1.54, 1.807) is 14.0 Å². The number of ether oxygens (including phenoxy) is 1. The third-order valence-electron chi connectivity index (χ3n) is 3.56. The third kappa shape index (κ3) is 1.24. The van der Waals surface area contributed by atoms with Crippen LogP contribution < -0.4 is 0 Å². The summed E-state index contributed by atoms with van der Waals surface area (Å²) in [5, 5.41) is 0. The number of carbonyl (C=O) groups is 1. The number of hydrogen-bond acceptors (Lipinski definition) is 2. The molecule has 0 aliphatic heterocycles.